The molecule has 0 spiro atoms. The lowest BCUT2D eigenvalue weighted by atomic mass is 10.1. The lowest BCUT2D eigenvalue weighted by Crippen LogP contribution is -2.09. The minimum absolute atomic E-state index is 0.0591. The molecule has 0 saturated heterocycles. The van der Waals surface area contributed by atoms with Crippen LogP contribution in [0.25, 0.3) is 10.8 Å². The van der Waals surface area contributed by atoms with Crippen molar-refractivity contribution >= 4 is 32.7 Å². The third kappa shape index (κ3) is 3.88. The minimum Gasteiger partial charge on any atom is -0.488 e. The van der Waals surface area contributed by atoms with Crippen LogP contribution in [0.3, 0.4) is 0 Å². The van der Waals surface area contributed by atoms with Gasteiger partial charge in [0.2, 0.25) is 0 Å². The summed E-state index contributed by atoms with van der Waals surface area (Å²) in [6, 6.07) is 5.43. The van der Waals surface area contributed by atoms with Crippen LogP contribution in [0, 0.1) is 11.6 Å². The fraction of sp³-hybridized carbons (Fsp3) is 0.211. The summed E-state index contributed by atoms with van der Waals surface area (Å²) in [6.45, 7) is 1.82. The van der Waals surface area contributed by atoms with Crippen molar-refractivity contribution in [1.82, 2.24) is 0 Å². The van der Waals surface area contributed by atoms with E-state index in [1.165, 1.54) is 24.7 Å². The highest BCUT2D eigenvalue weighted by molar-refractivity contribution is 9.10. The number of ether oxygens (including phenoxy) is 2. The number of carbonyl (C=O) groups is 1. The van der Waals surface area contributed by atoms with Crippen molar-refractivity contribution in [2.75, 3.05) is 6.61 Å². The second kappa shape index (κ2) is 7.86. The van der Waals surface area contributed by atoms with Crippen molar-refractivity contribution in [3.63, 3.8) is 0 Å². The van der Waals surface area contributed by atoms with E-state index in [0.717, 1.165) is 6.07 Å². The molecule has 0 fully saturated rings. The predicted octanol–water partition coefficient (Wildman–Crippen LogP) is 5.16. The van der Waals surface area contributed by atoms with Crippen molar-refractivity contribution in [3.8, 4) is 5.75 Å². The van der Waals surface area contributed by atoms with Crippen LogP contribution in [0.4, 0.5) is 8.78 Å². The molecule has 0 aliphatic heterocycles. The van der Waals surface area contributed by atoms with E-state index in [2.05, 4.69) is 15.9 Å². The zero-order valence-electron chi connectivity index (χ0n) is 13.9. The molecular formula is C19H15BrF2O4. The van der Waals surface area contributed by atoms with Gasteiger partial charge in [-0.1, -0.05) is 22.0 Å². The van der Waals surface area contributed by atoms with Crippen LogP contribution >= 0.6 is 15.9 Å². The molecule has 0 amide bonds. The monoisotopic (exact) mass is 424 g/mol. The highest BCUT2D eigenvalue weighted by Gasteiger charge is 2.15. The molecule has 0 aliphatic rings. The highest BCUT2D eigenvalue weighted by Crippen LogP contribution is 2.31. The highest BCUT2D eigenvalue weighted by atomic mass is 79.9. The van der Waals surface area contributed by atoms with Gasteiger partial charge >= 0.3 is 5.97 Å². The Bertz CT molecular complexity index is 952. The first kappa shape index (κ1) is 18.4. The van der Waals surface area contributed by atoms with Gasteiger partial charge in [0.05, 0.1) is 24.7 Å². The van der Waals surface area contributed by atoms with Gasteiger partial charge < -0.3 is 13.9 Å². The number of benzene rings is 2. The zero-order chi connectivity index (χ0) is 18.7. The van der Waals surface area contributed by atoms with E-state index in [-0.39, 0.29) is 30.9 Å². The second-order valence-corrected chi connectivity index (χ2v) is 6.41. The smallest absolute Gasteiger partial charge is 0.310 e. The Morgan fingerprint density at radius 2 is 1.92 bits per heavy atom. The topological polar surface area (TPSA) is 48.7 Å². The molecule has 4 nitrogen and oxygen atoms in total. The van der Waals surface area contributed by atoms with Gasteiger partial charge in [-0.2, -0.15) is 0 Å². The third-order valence-electron chi connectivity index (χ3n) is 3.79. The molecule has 0 unspecified atom stereocenters. The summed E-state index contributed by atoms with van der Waals surface area (Å²) in [5, 5.41) is 0.934. The minimum atomic E-state index is -0.514. The van der Waals surface area contributed by atoms with Crippen LogP contribution in [-0.2, 0) is 22.6 Å². The average Bonchev–Trinajstić information content (AvgIpc) is 3.10. The summed E-state index contributed by atoms with van der Waals surface area (Å²) in [4.78, 5) is 11.7. The maximum absolute atomic E-state index is 14.6. The van der Waals surface area contributed by atoms with E-state index in [1.807, 2.05) is 0 Å². The van der Waals surface area contributed by atoms with Gasteiger partial charge in [0.1, 0.15) is 30.3 Å². The number of fused-ring (bicyclic) bond motifs is 1. The van der Waals surface area contributed by atoms with Crippen LogP contribution in [0.15, 0.2) is 45.7 Å². The van der Waals surface area contributed by atoms with Crippen molar-refractivity contribution in [2.24, 2.45) is 0 Å². The number of furan rings is 1. The molecule has 0 N–H and O–H groups in total. The molecule has 0 aliphatic carbocycles. The Kier molecular flexibility index (Phi) is 5.56. The SMILES string of the molecule is CCOC(=O)Cc1ccc(F)cc1OCc1cc(Br)c2cocc2c1F. The lowest BCUT2D eigenvalue weighted by Gasteiger charge is -2.13. The Balaban J connectivity index is 1.84. The van der Waals surface area contributed by atoms with Crippen molar-refractivity contribution in [3.05, 3.63) is 64.0 Å². The van der Waals surface area contributed by atoms with E-state index in [0.29, 0.717) is 20.8 Å². The predicted molar refractivity (Wildman–Crippen MR) is 94.9 cm³/mol. The fourth-order valence-corrected chi connectivity index (χ4v) is 3.14. The molecule has 7 heteroatoms. The summed E-state index contributed by atoms with van der Waals surface area (Å²) in [6.07, 6.45) is 2.70. The van der Waals surface area contributed by atoms with Crippen LogP contribution in [0.2, 0.25) is 0 Å². The number of esters is 1. The van der Waals surface area contributed by atoms with Crippen molar-refractivity contribution in [1.29, 1.82) is 0 Å². The average molecular weight is 425 g/mol. The summed E-state index contributed by atoms with van der Waals surface area (Å²) in [7, 11) is 0. The molecule has 0 bridgehead atoms. The maximum atomic E-state index is 14.6. The summed E-state index contributed by atoms with van der Waals surface area (Å²) in [5.74, 6) is -1.27. The Morgan fingerprint density at radius 1 is 1.15 bits per heavy atom. The van der Waals surface area contributed by atoms with E-state index in [1.54, 1.807) is 13.0 Å². The number of hydrogen-bond acceptors (Lipinski definition) is 4. The third-order valence-corrected chi connectivity index (χ3v) is 4.45. The number of rotatable bonds is 6. The normalized spacial score (nSPS) is 10.9. The Morgan fingerprint density at radius 3 is 2.69 bits per heavy atom. The maximum Gasteiger partial charge on any atom is 0.310 e. The van der Waals surface area contributed by atoms with E-state index in [4.69, 9.17) is 13.9 Å². The number of hydrogen-bond donors (Lipinski definition) is 0. The first-order chi connectivity index (χ1) is 12.5. The van der Waals surface area contributed by atoms with Crippen molar-refractivity contribution in [2.45, 2.75) is 20.0 Å². The van der Waals surface area contributed by atoms with Gasteiger partial charge in [0.25, 0.3) is 0 Å². The molecule has 136 valence electrons. The molecule has 1 aromatic heterocycles. The number of halogens is 3. The quantitative estimate of drug-likeness (QED) is 0.512. The largest absolute Gasteiger partial charge is 0.488 e. The summed E-state index contributed by atoms with van der Waals surface area (Å²) in [5.41, 5.74) is 0.742. The van der Waals surface area contributed by atoms with Gasteiger partial charge in [-0.25, -0.2) is 8.78 Å². The molecule has 0 saturated carbocycles. The van der Waals surface area contributed by atoms with Crippen LogP contribution in [0.1, 0.15) is 18.1 Å². The molecule has 2 aromatic carbocycles. The molecule has 0 radical (unpaired) electrons. The van der Waals surface area contributed by atoms with Gasteiger partial charge in [-0.15, -0.1) is 0 Å². The van der Waals surface area contributed by atoms with E-state index in [9.17, 15) is 13.6 Å². The van der Waals surface area contributed by atoms with Crippen LogP contribution < -0.4 is 4.74 Å². The summed E-state index contributed by atoms with van der Waals surface area (Å²) < 4.78 is 44.3. The van der Waals surface area contributed by atoms with Gasteiger partial charge in [0, 0.05) is 27.1 Å². The van der Waals surface area contributed by atoms with Gasteiger partial charge in [-0.3, -0.25) is 4.79 Å². The zero-order valence-corrected chi connectivity index (χ0v) is 15.4. The van der Waals surface area contributed by atoms with Gasteiger partial charge in [0.15, 0.2) is 0 Å². The molecular weight excluding hydrogens is 410 g/mol. The fourth-order valence-electron chi connectivity index (χ4n) is 2.56. The van der Waals surface area contributed by atoms with E-state index < -0.39 is 17.6 Å². The number of carbonyl (C=O) groups excluding carboxylic acids is 1. The standard InChI is InChI=1S/C19H15BrF2O4/c1-2-25-18(23)6-11-3-4-13(21)7-17(11)26-8-12-5-16(20)14-9-24-10-15(14)19(12)22/h3-5,7,9-10H,2,6,8H2,1H3. The first-order valence-electron chi connectivity index (χ1n) is 7.89. The van der Waals surface area contributed by atoms with Gasteiger partial charge in [-0.05, 0) is 19.1 Å². The van der Waals surface area contributed by atoms with Crippen molar-refractivity contribution < 1.29 is 27.5 Å². The van der Waals surface area contributed by atoms with Crippen LogP contribution in [-0.4, -0.2) is 12.6 Å². The molecule has 1 heterocycles. The van der Waals surface area contributed by atoms with Crippen LogP contribution in [0.5, 0.6) is 5.75 Å². The lowest BCUT2D eigenvalue weighted by molar-refractivity contribution is -0.142. The molecule has 3 rings (SSSR count). The Labute approximate surface area is 156 Å². The first-order valence-corrected chi connectivity index (χ1v) is 8.68. The molecule has 3 aromatic rings. The molecule has 26 heavy (non-hydrogen) atoms. The Hall–Kier alpha value is -2.41. The second-order valence-electron chi connectivity index (χ2n) is 5.55. The van der Waals surface area contributed by atoms with E-state index >= 15 is 0 Å². The molecule has 0 atom stereocenters. The summed E-state index contributed by atoms with van der Waals surface area (Å²) >= 11 is 3.36.